The third-order valence-electron chi connectivity index (χ3n) is 7.21. The minimum Gasteiger partial charge on any atom is -0.464 e. The Labute approximate surface area is 220 Å². The first-order valence-electron chi connectivity index (χ1n) is 12.8. The van der Waals surface area contributed by atoms with Crippen molar-refractivity contribution in [3.05, 3.63) is 52.1 Å². The summed E-state index contributed by atoms with van der Waals surface area (Å²) in [5.74, 6) is -1.93. The Morgan fingerprint density at radius 1 is 1.21 bits per heavy atom. The Hall–Kier alpha value is -3.96. The molecule has 4 rings (SSSR count). The van der Waals surface area contributed by atoms with Crippen LogP contribution in [-0.2, 0) is 19.1 Å². The molecule has 0 aromatic heterocycles. The van der Waals surface area contributed by atoms with Crippen LogP contribution in [0.3, 0.4) is 0 Å². The summed E-state index contributed by atoms with van der Waals surface area (Å²) in [6.07, 6.45) is 6.03. The molecule has 4 atom stereocenters. The van der Waals surface area contributed by atoms with E-state index in [2.05, 4.69) is 5.32 Å². The zero-order valence-electron chi connectivity index (χ0n) is 21.5. The van der Waals surface area contributed by atoms with Gasteiger partial charge in [-0.15, -0.1) is 0 Å². The van der Waals surface area contributed by atoms with Crippen LogP contribution in [0.4, 0.5) is 10.5 Å². The van der Waals surface area contributed by atoms with Gasteiger partial charge in [-0.2, -0.15) is 0 Å². The number of allylic oxidation sites excluding steroid dienone is 1. The van der Waals surface area contributed by atoms with Crippen LogP contribution in [0, 0.1) is 16.0 Å². The molecule has 0 bridgehead atoms. The highest BCUT2D eigenvalue weighted by atomic mass is 16.6. The summed E-state index contributed by atoms with van der Waals surface area (Å²) in [5, 5.41) is 13.7. The van der Waals surface area contributed by atoms with E-state index in [1.807, 2.05) is 12.2 Å². The molecule has 0 radical (unpaired) electrons. The molecule has 1 N–H and O–H groups in total. The largest absolute Gasteiger partial charge is 0.464 e. The van der Waals surface area contributed by atoms with Crippen LogP contribution in [0.2, 0.25) is 0 Å². The number of non-ortho nitro benzene ring substituents is 1. The van der Waals surface area contributed by atoms with Gasteiger partial charge in [0, 0.05) is 38.1 Å². The molecule has 1 saturated carbocycles. The van der Waals surface area contributed by atoms with Gasteiger partial charge in [-0.1, -0.05) is 12.2 Å². The van der Waals surface area contributed by atoms with E-state index in [4.69, 9.17) is 9.47 Å². The maximum Gasteiger partial charge on any atom is 0.338 e. The number of nitrogens with one attached hydrogen (secondary N) is 1. The van der Waals surface area contributed by atoms with Crippen molar-refractivity contribution in [2.45, 2.75) is 56.7 Å². The van der Waals surface area contributed by atoms with Gasteiger partial charge in [0.25, 0.3) is 5.69 Å². The van der Waals surface area contributed by atoms with E-state index in [0.29, 0.717) is 13.0 Å². The molecule has 204 valence electrons. The number of urea groups is 1. The molecule has 2 aliphatic heterocycles. The molecule has 2 fully saturated rings. The van der Waals surface area contributed by atoms with E-state index in [1.165, 1.54) is 34.1 Å². The Morgan fingerprint density at radius 3 is 2.63 bits per heavy atom. The van der Waals surface area contributed by atoms with Crippen LogP contribution in [-0.4, -0.2) is 83.0 Å². The fourth-order valence-corrected chi connectivity index (χ4v) is 4.98. The zero-order valence-corrected chi connectivity index (χ0v) is 21.5. The number of benzene rings is 1. The van der Waals surface area contributed by atoms with Crippen molar-refractivity contribution >= 4 is 29.6 Å². The van der Waals surface area contributed by atoms with Crippen molar-refractivity contribution in [2.24, 2.45) is 5.92 Å². The number of hydrogen-bond donors (Lipinski definition) is 1. The lowest BCUT2D eigenvalue weighted by molar-refractivity contribution is -0.384. The molecule has 12 heteroatoms. The fraction of sp³-hybridized carbons (Fsp3) is 0.538. The van der Waals surface area contributed by atoms with Crippen molar-refractivity contribution in [1.29, 1.82) is 0 Å². The van der Waals surface area contributed by atoms with Crippen LogP contribution in [0.1, 0.15) is 49.4 Å². The molecular weight excluding hydrogens is 496 g/mol. The second kappa shape index (κ2) is 11.2. The van der Waals surface area contributed by atoms with Crippen LogP contribution < -0.4 is 5.32 Å². The predicted molar refractivity (Wildman–Crippen MR) is 134 cm³/mol. The normalized spacial score (nSPS) is 28.3. The maximum absolute atomic E-state index is 13.5. The van der Waals surface area contributed by atoms with Gasteiger partial charge >= 0.3 is 18.0 Å². The van der Waals surface area contributed by atoms with Crippen molar-refractivity contribution in [3.8, 4) is 0 Å². The first kappa shape index (κ1) is 27.1. The van der Waals surface area contributed by atoms with Crippen molar-refractivity contribution in [3.63, 3.8) is 0 Å². The summed E-state index contributed by atoms with van der Waals surface area (Å²) < 4.78 is 10.9. The molecular formula is C26H32N4O8. The number of hydrogen-bond acceptors (Lipinski definition) is 8. The number of fused-ring (bicyclic) bond motifs is 2. The van der Waals surface area contributed by atoms with Crippen LogP contribution in [0.15, 0.2) is 36.4 Å². The zero-order chi connectivity index (χ0) is 27.4. The smallest absolute Gasteiger partial charge is 0.338 e. The van der Waals surface area contributed by atoms with Gasteiger partial charge in [0.15, 0.2) is 0 Å². The molecule has 1 aromatic rings. The molecule has 2 heterocycles. The van der Waals surface area contributed by atoms with Crippen molar-refractivity contribution in [2.75, 3.05) is 26.7 Å². The Balaban J connectivity index is 1.54. The van der Waals surface area contributed by atoms with E-state index in [1.54, 1.807) is 14.0 Å². The first-order valence-corrected chi connectivity index (χ1v) is 12.8. The molecule has 12 nitrogen and oxygen atoms in total. The number of esters is 2. The molecule has 3 amide bonds. The lowest BCUT2D eigenvalue weighted by atomic mass is 10.1. The monoisotopic (exact) mass is 528 g/mol. The first-order chi connectivity index (χ1) is 18.2. The summed E-state index contributed by atoms with van der Waals surface area (Å²) in [5.41, 5.74) is -1.22. The molecule has 1 saturated heterocycles. The van der Waals surface area contributed by atoms with E-state index >= 15 is 0 Å². The molecule has 38 heavy (non-hydrogen) atoms. The van der Waals surface area contributed by atoms with E-state index < -0.39 is 40.5 Å². The van der Waals surface area contributed by atoms with E-state index in [0.717, 1.165) is 19.3 Å². The lowest BCUT2D eigenvalue weighted by Gasteiger charge is -2.30. The van der Waals surface area contributed by atoms with E-state index in [-0.39, 0.29) is 42.8 Å². The van der Waals surface area contributed by atoms with E-state index in [9.17, 15) is 29.3 Å². The number of rotatable bonds is 5. The summed E-state index contributed by atoms with van der Waals surface area (Å²) >= 11 is 0. The summed E-state index contributed by atoms with van der Waals surface area (Å²) in [6.45, 7) is 2.37. The quantitative estimate of drug-likeness (QED) is 0.265. The molecule has 3 aliphatic rings. The summed E-state index contributed by atoms with van der Waals surface area (Å²) in [4.78, 5) is 65.6. The number of amides is 3. The highest BCUT2D eigenvalue weighted by Crippen LogP contribution is 2.46. The van der Waals surface area contributed by atoms with Gasteiger partial charge < -0.3 is 24.6 Å². The lowest BCUT2D eigenvalue weighted by Crippen LogP contribution is -2.55. The molecule has 0 unspecified atom stereocenters. The summed E-state index contributed by atoms with van der Waals surface area (Å²) in [7, 11) is 1.66. The third-order valence-corrected chi connectivity index (χ3v) is 7.21. The second-order valence-corrected chi connectivity index (χ2v) is 9.85. The third kappa shape index (κ3) is 5.63. The van der Waals surface area contributed by atoms with Gasteiger partial charge in [-0.3, -0.25) is 14.9 Å². The average Bonchev–Trinajstić information content (AvgIpc) is 3.42. The minimum atomic E-state index is -1.18. The number of ether oxygens (including phenoxy) is 2. The van der Waals surface area contributed by atoms with Gasteiger partial charge in [-0.05, 0) is 44.7 Å². The number of carbonyl (C=O) groups excluding carboxylic acids is 4. The number of carbonyl (C=O) groups is 4. The summed E-state index contributed by atoms with van der Waals surface area (Å²) in [6, 6.07) is 3.66. The fourth-order valence-electron chi connectivity index (χ4n) is 4.98. The van der Waals surface area contributed by atoms with Gasteiger partial charge in [0.1, 0.15) is 17.7 Å². The van der Waals surface area contributed by atoms with Crippen molar-refractivity contribution < 1.29 is 33.6 Å². The van der Waals surface area contributed by atoms with Crippen molar-refractivity contribution in [1.82, 2.24) is 15.1 Å². The molecule has 0 spiro atoms. The van der Waals surface area contributed by atoms with Gasteiger partial charge in [-0.25, -0.2) is 14.4 Å². The van der Waals surface area contributed by atoms with Crippen LogP contribution in [0.5, 0.6) is 0 Å². The molecule has 1 aliphatic carbocycles. The second-order valence-electron chi connectivity index (χ2n) is 9.85. The number of nitro groups is 1. The topological polar surface area (TPSA) is 148 Å². The van der Waals surface area contributed by atoms with Crippen LogP contribution in [0.25, 0.3) is 0 Å². The SMILES string of the molecule is CCOC(=O)[C@@]12C[C@H]1/C=C\CCCCN(C)C(=O)N1C[C@@H](OC(=O)c3ccc([N+](=O)[O-])cc3)C[C@H]1C(=O)N2. The highest BCUT2D eigenvalue weighted by Gasteiger charge is 2.62. The number of nitrogens with zero attached hydrogens (tertiary/aromatic N) is 3. The maximum atomic E-state index is 13.5. The van der Waals surface area contributed by atoms with Crippen LogP contribution >= 0.6 is 0 Å². The average molecular weight is 529 g/mol. The molecule has 1 aromatic carbocycles. The predicted octanol–water partition coefficient (Wildman–Crippen LogP) is 2.42. The van der Waals surface area contributed by atoms with Gasteiger partial charge in [0.05, 0.1) is 23.6 Å². The standard InChI is InChI=1S/C26H32N4O8/c1-3-37-24(33)26-15-18(26)8-6-4-5-7-13-28(2)25(34)29-16-20(14-21(29)22(31)27-26)38-23(32)17-9-11-19(12-10-17)30(35)36/h6,8-12,18,20-21H,3-5,7,13-16H2,1-2H3,(H,27,31)/b8-6-/t18-,20+,21+,26-/m1/s1. The van der Waals surface area contributed by atoms with Gasteiger partial charge in [0.2, 0.25) is 5.91 Å². The Kier molecular flexibility index (Phi) is 7.98. The highest BCUT2D eigenvalue weighted by molar-refractivity contribution is 5.95. The number of nitro benzene ring substituents is 1. The Morgan fingerprint density at radius 2 is 1.95 bits per heavy atom. The Bertz CT molecular complexity index is 1140. The minimum absolute atomic E-state index is 0.00425.